The predicted molar refractivity (Wildman–Crippen MR) is 63.7 cm³/mol. The van der Waals surface area contributed by atoms with E-state index in [1.807, 2.05) is 0 Å². The number of rotatable bonds is 3. The van der Waals surface area contributed by atoms with Gasteiger partial charge in [0.05, 0.1) is 0 Å². The monoisotopic (exact) mass is 257 g/mol. The summed E-state index contributed by atoms with van der Waals surface area (Å²) in [6, 6.07) is -2.22. The van der Waals surface area contributed by atoms with E-state index >= 15 is 0 Å². The summed E-state index contributed by atoms with van der Waals surface area (Å²) in [6.45, 7) is 3.64. The fraction of sp³-hybridized carbons (Fsp3) is 0.727. The summed E-state index contributed by atoms with van der Waals surface area (Å²) >= 11 is 0. The normalized spacial score (nSPS) is 25.3. The van der Waals surface area contributed by atoms with Crippen LogP contribution >= 0.6 is 0 Å². The number of nitrogens with one attached hydrogen (secondary N) is 1. The number of likely N-dealkylation sites (tertiary alicyclic amines) is 1. The molecule has 4 N–H and O–H groups in total. The summed E-state index contributed by atoms with van der Waals surface area (Å²) in [5, 5.41) is 11.6. The summed E-state index contributed by atoms with van der Waals surface area (Å²) in [7, 11) is 0. The zero-order valence-electron chi connectivity index (χ0n) is 10.5. The fourth-order valence-electron chi connectivity index (χ4n) is 2.13. The number of hydrogen-bond donors (Lipinski definition) is 3. The highest BCUT2D eigenvalue weighted by atomic mass is 16.4. The van der Waals surface area contributed by atoms with Gasteiger partial charge in [-0.15, -0.1) is 0 Å². The van der Waals surface area contributed by atoms with Gasteiger partial charge in [0.1, 0.15) is 12.1 Å². The Hall–Kier alpha value is -1.79. The average molecular weight is 257 g/mol. The summed E-state index contributed by atoms with van der Waals surface area (Å²) in [4.78, 5) is 35.2. The van der Waals surface area contributed by atoms with Crippen LogP contribution in [0.5, 0.6) is 0 Å². The molecule has 1 rings (SSSR count). The fourth-order valence-corrected chi connectivity index (χ4v) is 2.13. The van der Waals surface area contributed by atoms with E-state index in [-0.39, 0.29) is 5.92 Å². The summed E-state index contributed by atoms with van der Waals surface area (Å²) in [5.74, 6) is -1.78. The van der Waals surface area contributed by atoms with E-state index in [9.17, 15) is 14.4 Å². The first-order valence-corrected chi connectivity index (χ1v) is 5.93. The quantitative estimate of drug-likeness (QED) is 0.647. The molecule has 7 nitrogen and oxygen atoms in total. The molecule has 3 unspecified atom stereocenters. The first-order chi connectivity index (χ1) is 8.34. The number of carbonyl (C=O) groups is 3. The molecule has 1 heterocycles. The molecular formula is C11H19N3O4. The molecule has 3 amide bonds. The van der Waals surface area contributed by atoms with Crippen molar-refractivity contribution < 1.29 is 19.5 Å². The molecule has 0 saturated carbocycles. The zero-order chi connectivity index (χ0) is 13.9. The van der Waals surface area contributed by atoms with E-state index in [1.165, 1.54) is 11.8 Å². The maximum atomic E-state index is 11.9. The molecule has 0 aromatic heterocycles. The number of amides is 3. The highest BCUT2D eigenvalue weighted by Crippen LogP contribution is 2.23. The van der Waals surface area contributed by atoms with Gasteiger partial charge in [-0.25, -0.2) is 9.59 Å². The highest BCUT2D eigenvalue weighted by Gasteiger charge is 2.37. The number of carboxylic acids is 1. The van der Waals surface area contributed by atoms with Crippen LogP contribution in [0, 0.1) is 5.92 Å². The molecule has 0 spiro atoms. The van der Waals surface area contributed by atoms with Gasteiger partial charge in [-0.05, 0) is 25.7 Å². The van der Waals surface area contributed by atoms with Gasteiger partial charge in [0.2, 0.25) is 5.91 Å². The van der Waals surface area contributed by atoms with E-state index in [4.69, 9.17) is 10.8 Å². The highest BCUT2D eigenvalue weighted by molar-refractivity contribution is 5.88. The molecule has 0 aromatic rings. The van der Waals surface area contributed by atoms with E-state index in [2.05, 4.69) is 5.32 Å². The molecule has 1 aliphatic heterocycles. The van der Waals surface area contributed by atoms with Crippen molar-refractivity contribution in [3.8, 4) is 0 Å². The van der Waals surface area contributed by atoms with Crippen molar-refractivity contribution in [3.05, 3.63) is 0 Å². The molecule has 3 atom stereocenters. The maximum absolute atomic E-state index is 11.9. The smallest absolute Gasteiger partial charge is 0.326 e. The number of carboxylic acid groups (broad SMARTS) is 1. The Kier molecular flexibility index (Phi) is 4.52. The van der Waals surface area contributed by atoms with Crippen LogP contribution in [0.3, 0.4) is 0 Å². The van der Waals surface area contributed by atoms with Crippen LogP contribution in [-0.4, -0.2) is 46.5 Å². The lowest BCUT2D eigenvalue weighted by Gasteiger charge is -2.37. The molecular weight excluding hydrogens is 238 g/mol. The Morgan fingerprint density at radius 2 is 2.06 bits per heavy atom. The number of hydrogen-bond acceptors (Lipinski definition) is 3. The lowest BCUT2D eigenvalue weighted by molar-refractivity contribution is -0.145. The van der Waals surface area contributed by atoms with Crippen LogP contribution < -0.4 is 11.1 Å². The van der Waals surface area contributed by atoms with Gasteiger partial charge in [0, 0.05) is 6.54 Å². The van der Waals surface area contributed by atoms with Crippen LogP contribution in [0.15, 0.2) is 0 Å². The minimum Gasteiger partial charge on any atom is -0.480 e. The molecule has 7 heteroatoms. The standard InChI is InChI=1S/C11H19N3O4/c1-6-4-3-5-14(8(6)10(16)17)11(18)13-7(2)9(12)15/h6-8H,3-5H2,1-2H3,(H2,12,15)(H,13,18)(H,16,17). The SMILES string of the molecule is CC(NC(=O)N1CCCC(C)C1C(=O)O)C(N)=O. The molecule has 1 fully saturated rings. The first-order valence-electron chi connectivity index (χ1n) is 5.93. The number of nitrogens with two attached hydrogens (primary N) is 1. The molecule has 0 radical (unpaired) electrons. The predicted octanol–water partition coefficient (Wildman–Crippen LogP) is -0.245. The molecule has 0 aliphatic carbocycles. The van der Waals surface area contributed by atoms with Crippen LogP contribution in [0.2, 0.25) is 0 Å². The van der Waals surface area contributed by atoms with Gasteiger partial charge in [0.15, 0.2) is 0 Å². The van der Waals surface area contributed by atoms with Crippen LogP contribution in [0.4, 0.5) is 4.79 Å². The van der Waals surface area contributed by atoms with Crippen LogP contribution in [0.25, 0.3) is 0 Å². The lowest BCUT2D eigenvalue weighted by atomic mass is 9.91. The summed E-state index contributed by atoms with van der Waals surface area (Å²) < 4.78 is 0. The van der Waals surface area contributed by atoms with Gasteiger partial charge < -0.3 is 21.1 Å². The van der Waals surface area contributed by atoms with Crippen molar-refractivity contribution in [3.63, 3.8) is 0 Å². The minimum atomic E-state index is -1.02. The summed E-state index contributed by atoms with van der Waals surface area (Å²) in [5.41, 5.74) is 5.05. The van der Waals surface area contributed by atoms with Crippen molar-refractivity contribution in [2.75, 3.05) is 6.54 Å². The number of aliphatic carboxylic acids is 1. The minimum absolute atomic E-state index is 0.106. The van der Waals surface area contributed by atoms with E-state index in [1.54, 1.807) is 6.92 Å². The number of urea groups is 1. The van der Waals surface area contributed by atoms with Gasteiger partial charge in [-0.2, -0.15) is 0 Å². The third kappa shape index (κ3) is 3.12. The van der Waals surface area contributed by atoms with Crippen molar-refractivity contribution in [2.45, 2.75) is 38.8 Å². The summed E-state index contributed by atoms with van der Waals surface area (Å²) in [6.07, 6.45) is 1.52. The van der Waals surface area contributed by atoms with Crippen LogP contribution in [-0.2, 0) is 9.59 Å². The van der Waals surface area contributed by atoms with Gasteiger partial charge >= 0.3 is 12.0 Å². The first kappa shape index (κ1) is 14.3. The Labute approximate surface area is 105 Å². The van der Waals surface area contributed by atoms with Gasteiger partial charge in [-0.3, -0.25) is 4.79 Å². The van der Waals surface area contributed by atoms with E-state index in [0.717, 1.165) is 12.8 Å². The number of carbonyl (C=O) groups excluding carboxylic acids is 2. The number of piperidine rings is 1. The van der Waals surface area contributed by atoms with Gasteiger partial charge in [0.25, 0.3) is 0 Å². The molecule has 102 valence electrons. The average Bonchev–Trinajstić information content (AvgIpc) is 2.27. The second-order valence-corrected chi connectivity index (χ2v) is 4.67. The van der Waals surface area contributed by atoms with Crippen molar-refractivity contribution >= 4 is 17.9 Å². The Morgan fingerprint density at radius 1 is 1.44 bits per heavy atom. The van der Waals surface area contributed by atoms with Crippen LogP contribution in [0.1, 0.15) is 26.7 Å². The Morgan fingerprint density at radius 3 is 2.56 bits per heavy atom. The van der Waals surface area contributed by atoms with Crippen molar-refractivity contribution in [1.29, 1.82) is 0 Å². The molecule has 0 bridgehead atoms. The Balaban J connectivity index is 2.75. The van der Waals surface area contributed by atoms with E-state index < -0.39 is 30.0 Å². The van der Waals surface area contributed by atoms with Crippen molar-refractivity contribution in [1.82, 2.24) is 10.2 Å². The number of primary amides is 1. The maximum Gasteiger partial charge on any atom is 0.326 e. The molecule has 18 heavy (non-hydrogen) atoms. The molecule has 0 aromatic carbocycles. The lowest BCUT2D eigenvalue weighted by Crippen LogP contribution is -2.57. The van der Waals surface area contributed by atoms with Crippen molar-refractivity contribution in [2.24, 2.45) is 11.7 Å². The number of nitrogens with zero attached hydrogens (tertiary/aromatic N) is 1. The largest absolute Gasteiger partial charge is 0.480 e. The Bertz CT molecular complexity index is 358. The van der Waals surface area contributed by atoms with E-state index in [0.29, 0.717) is 6.54 Å². The third-order valence-corrected chi connectivity index (χ3v) is 3.21. The van der Waals surface area contributed by atoms with Gasteiger partial charge in [-0.1, -0.05) is 6.92 Å². The molecule has 1 saturated heterocycles. The molecule has 1 aliphatic rings. The third-order valence-electron chi connectivity index (χ3n) is 3.21. The zero-order valence-corrected chi connectivity index (χ0v) is 10.5. The topological polar surface area (TPSA) is 113 Å². The second-order valence-electron chi connectivity index (χ2n) is 4.67. The second kappa shape index (κ2) is 5.70.